The van der Waals surface area contributed by atoms with Crippen molar-refractivity contribution in [1.82, 2.24) is 0 Å². The number of nitrogens with one attached hydrogen (secondary N) is 1. The highest BCUT2D eigenvalue weighted by Crippen LogP contribution is 2.33. The zero-order chi connectivity index (χ0) is 19.8. The second-order valence-electron chi connectivity index (χ2n) is 6.03. The van der Waals surface area contributed by atoms with Crippen LogP contribution in [0.25, 0.3) is 0 Å². The van der Waals surface area contributed by atoms with E-state index in [9.17, 15) is 18.0 Å². The van der Waals surface area contributed by atoms with Crippen LogP contribution < -0.4 is 14.4 Å². The van der Waals surface area contributed by atoms with E-state index >= 15 is 0 Å². The number of hydrogen-bond donors (Lipinski definition) is 1. The number of sulfonamides is 1. The smallest absolute Gasteiger partial charge is 0.265 e. The molecule has 2 aromatic carbocycles. The number of anilines is 2. The maximum atomic E-state index is 12.9. The molecule has 0 atom stereocenters. The molecule has 2 aromatic rings. The second-order valence-corrected chi connectivity index (χ2v) is 8.53. The first kappa shape index (κ1) is 19.4. The number of amides is 2. The molecule has 1 heterocycles. The SMILES string of the molecule is COc1ccc(N2C(=O)CCC2=O)cc1S(=O)(=O)Nc1ccc(C)c(Br)c1. The van der Waals surface area contributed by atoms with Gasteiger partial charge in [-0.2, -0.15) is 0 Å². The van der Waals surface area contributed by atoms with Crippen LogP contribution in [-0.4, -0.2) is 27.3 Å². The molecule has 2 amide bonds. The van der Waals surface area contributed by atoms with E-state index in [-0.39, 0.29) is 41.0 Å². The molecule has 0 radical (unpaired) electrons. The molecule has 3 rings (SSSR count). The average molecular weight is 453 g/mol. The van der Waals surface area contributed by atoms with E-state index in [0.29, 0.717) is 5.69 Å². The number of benzene rings is 2. The molecule has 7 nitrogen and oxygen atoms in total. The summed E-state index contributed by atoms with van der Waals surface area (Å²) in [5, 5.41) is 0. The van der Waals surface area contributed by atoms with E-state index in [4.69, 9.17) is 4.74 Å². The van der Waals surface area contributed by atoms with Crippen LogP contribution >= 0.6 is 15.9 Å². The van der Waals surface area contributed by atoms with Gasteiger partial charge in [0, 0.05) is 23.0 Å². The molecular formula is C18H17BrN2O5S. The number of carbonyl (C=O) groups is 2. The third-order valence-corrected chi connectivity index (χ3v) is 6.43. The van der Waals surface area contributed by atoms with Gasteiger partial charge in [-0.3, -0.25) is 19.2 Å². The fourth-order valence-electron chi connectivity index (χ4n) is 2.75. The van der Waals surface area contributed by atoms with Crippen LogP contribution in [0.5, 0.6) is 5.75 Å². The third-order valence-electron chi connectivity index (χ3n) is 4.17. The first-order chi connectivity index (χ1) is 12.7. The highest BCUT2D eigenvalue weighted by atomic mass is 79.9. The fourth-order valence-corrected chi connectivity index (χ4v) is 4.36. The van der Waals surface area contributed by atoms with E-state index in [1.807, 2.05) is 6.92 Å². The molecule has 0 aromatic heterocycles. The number of hydrogen-bond acceptors (Lipinski definition) is 5. The molecule has 1 aliphatic heterocycles. The first-order valence-electron chi connectivity index (χ1n) is 8.06. The molecule has 1 saturated heterocycles. The summed E-state index contributed by atoms with van der Waals surface area (Å²) in [4.78, 5) is 24.8. The van der Waals surface area contributed by atoms with E-state index < -0.39 is 10.0 Å². The first-order valence-corrected chi connectivity index (χ1v) is 10.3. The molecule has 1 aliphatic rings. The van der Waals surface area contributed by atoms with Gasteiger partial charge in [-0.15, -0.1) is 0 Å². The maximum absolute atomic E-state index is 12.9. The number of nitrogens with zero attached hydrogens (tertiary/aromatic N) is 1. The quantitative estimate of drug-likeness (QED) is 0.702. The zero-order valence-corrected chi connectivity index (χ0v) is 17.1. The fraction of sp³-hybridized carbons (Fsp3) is 0.222. The highest BCUT2D eigenvalue weighted by Gasteiger charge is 2.32. The standard InChI is InChI=1S/C18H17BrN2O5S/c1-11-3-4-12(9-14(11)19)20-27(24,25)16-10-13(5-6-15(16)26-2)21-17(22)7-8-18(21)23/h3-6,9-10,20H,7-8H2,1-2H3. The zero-order valence-electron chi connectivity index (χ0n) is 14.7. The lowest BCUT2D eigenvalue weighted by Crippen LogP contribution is -2.28. The molecule has 0 bridgehead atoms. The van der Waals surface area contributed by atoms with E-state index in [2.05, 4.69) is 20.7 Å². The minimum Gasteiger partial charge on any atom is -0.495 e. The predicted molar refractivity (Wildman–Crippen MR) is 104 cm³/mol. The van der Waals surface area contributed by atoms with Crippen molar-refractivity contribution in [3.8, 4) is 5.75 Å². The average Bonchev–Trinajstić information content (AvgIpc) is 2.96. The third kappa shape index (κ3) is 3.84. The number of halogens is 1. The molecule has 142 valence electrons. The van der Waals surface area contributed by atoms with Crippen LogP contribution in [0.3, 0.4) is 0 Å². The van der Waals surface area contributed by atoms with Crippen molar-refractivity contribution in [3.63, 3.8) is 0 Å². The summed E-state index contributed by atoms with van der Waals surface area (Å²) in [5.41, 5.74) is 1.53. The summed E-state index contributed by atoms with van der Waals surface area (Å²) >= 11 is 3.37. The van der Waals surface area contributed by atoms with Gasteiger partial charge in [-0.05, 0) is 42.8 Å². The summed E-state index contributed by atoms with van der Waals surface area (Å²) in [5.74, 6) is -0.607. The van der Waals surface area contributed by atoms with Crippen molar-refractivity contribution in [2.75, 3.05) is 16.7 Å². The monoisotopic (exact) mass is 452 g/mol. The predicted octanol–water partition coefficient (Wildman–Crippen LogP) is 3.22. The summed E-state index contributed by atoms with van der Waals surface area (Å²) in [7, 11) is -2.67. The van der Waals surface area contributed by atoms with Crippen LogP contribution in [0.4, 0.5) is 11.4 Å². The Hall–Kier alpha value is -2.39. The van der Waals surface area contributed by atoms with Crippen molar-refractivity contribution in [2.24, 2.45) is 0 Å². The number of imide groups is 1. The van der Waals surface area contributed by atoms with Crippen LogP contribution in [0.2, 0.25) is 0 Å². The van der Waals surface area contributed by atoms with Gasteiger partial charge in [0.25, 0.3) is 10.0 Å². The molecule has 1 fully saturated rings. The molecule has 27 heavy (non-hydrogen) atoms. The van der Waals surface area contributed by atoms with Crippen molar-refractivity contribution >= 4 is 49.1 Å². The van der Waals surface area contributed by atoms with Gasteiger partial charge >= 0.3 is 0 Å². The molecule has 1 N–H and O–H groups in total. The van der Waals surface area contributed by atoms with Gasteiger partial charge in [0.15, 0.2) is 0 Å². The van der Waals surface area contributed by atoms with Crippen molar-refractivity contribution < 1.29 is 22.7 Å². The Balaban J connectivity index is 2.02. The van der Waals surface area contributed by atoms with Crippen LogP contribution in [0.1, 0.15) is 18.4 Å². The lowest BCUT2D eigenvalue weighted by molar-refractivity contribution is -0.121. The summed E-state index contributed by atoms with van der Waals surface area (Å²) < 4.78 is 34.2. The Kier molecular flexibility index (Phi) is 5.25. The Morgan fingerprint density at radius 1 is 1.07 bits per heavy atom. The van der Waals surface area contributed by atoms with Gasteiger partial charge in [-0.1, -0.05) is 22.0 Å². The van der Waals surface area contributed by atoms with Crippen molar-refractivity contribution in [1.29, 1.82) is 0 Å². The number of rotatable bonds is 5. The van der Waals surface area contributed by atoms with Crippen LogP contribution in [0.15, 0.2) is 45.8 Å². The molecule has 0 spiro atoms. The number of methoxy groups -OCH3 is 1. The van der Waals surface area contributed by atoms with Gasteiger partial charge in [-0.25, -0.2) is 8.42 Å². The molecular weight excluding hydrogens is 436 g/mol. The van der Waals surface area contributed by atoms with Gasteiger partial charge in [0.2, 0.25) is 11.8 Å². The molecule has 9 heteroatoms. The lowest BCUT2D eigenvalue weighted by Gasteiger charge is -2.17. The lowest BCUT2D eigenvalue weighted by atomic mass is 10.2. The molecule has 0 aliphatic carbocycles. The van der Waals surface area contributed by atoms with E-state index in [0.717, 1.165) is 14.9 Å². The number of ether oxygens (including phenoxy) is 1. The van der Waals surface area contributed by atoms with Gasteiger partial charge < -0.3 is 4.74 Å². The Morgan fingerprint density at radius 2 is 1.74 bits per heavy atom. The van der Waals surface area contributed by atoms with E-state index in [1.165, 1.54) is 25.3 Å². The molecule has 0 unspecified atom stereocenters. The minimum absolute atomic E-state index is 0.108. The topological polar surface area (TPSA) is 92.8 Å². The highest BCUT2D eigenvalue weighted by molar-refractivity contribution is 9.10. The largest absolute Gasteiger partial charge is 0.495 e. The number of aryl methyl sites for hydroxylation is 1. The van der Waals surface area contributed by atoms with Crippen LogP contribution in [-0.2, 0) is 19.6 Å². The Labute approximate surface area is 165 Å². The number of carbonyl (C=O) groups excluding carboxylic acids is 2. The van der Waals surface area contributed by atoms with Gasteiger partial charge in [0.05, 0.1) is 12.8 Å². The van der Waals surface area contributed by atoms with E-state index in [1.54, 1.807) is 18.2 Å². The Morgan fingerprint density at radius 3 is 2.33 bits per heavy atom. The minimum atomic E-state index is -4.02. The summed E-state index contributed by atoms with van der Waals surface area (Å²) in [6.07, 6.45) is 0.227. The second kappa shape index (κ2) is 7.32. The molecule has 0 saturated carbocycles. The Bertz CT molecular complexity index is 1020. The normalized spacial score (nSPS) is 14.6. The van der Waals surface area contributed by atoms with Crippen LogP contribution in [0, 0.1) is 6.92 Å². The van der Waals surface area contributed by atoms with Crippen molar-refractivity contribution in [2.45, 2.75) is 24.7 Å². The van der Waals surface area contributed by atoms with Gasteiger partial charge in [0.1, 0.15) is 10.6 Å². The van der Waals surface area contributed by atoms with Crippen molar-refractivity contribution in [3.05, 3.63) is 46.4 Å². The summed E-state index contributed by atoms with van der Waals surface area (Å²) in [6, 6.07) is 9.25. The summed E-state index contributed by atoms with van der Waals surface area (Å²) in [6.45, 7) is 1.89. The maximum Gasteiger partial charge on any atom is 0.265 e.